The van der Waals surface area contributed by atoms with E-state index in [0.29, 0.717) is 30.3 Å². The van der Waals surface area contributed by atoms with Crippen molar-refractivity contribution >= 4 is 11.8 Å². The van der Waals surface area contributed by atoms with Crippen LogP contribution in [0.1, 0.15) is 92.9 Å². The van der Waals surface area contributed by atoms with Gasteiger partial charge in [-0.05, 0) is 79.3 Å². The Morgan fingerprint density at radius 2 is 1.84 bits per heavy atom. The number of carbonyl (C=O) groups is 2. The molecule has 5 heteroatoms. The van der Waals surface area contributed by atoms with Crippen molar-refractivity contribution in [2.24, 2.45) is 34.0 Å². The topological polar surface area (TPSA) is 83.8 Å². The van der Waals surface area contributed by atoms with Gasteiger partial charge in [-0.3, -0.25) is 9.59 Å². The molecule has 0 unspecified atom stereocenters. The summed E-state index contributed by atoms with van der Waals surface area (Å²) < 4.78 is 6.01. The number of esters is 1. The highest BCUT2D eigenvalue weighted by molar-refractivity contribution is 5.96. The number of carbonyl (C=O) groups excluding carboxylic acids is 2. The Kier molecular flexibility index (Phi) is 5.73. The van der Waals surface area contributed by atoms with Gasteiger partial charge in [0.15, 0.2) is 5.78 Å². The quantitative estimate of drug-likeness (QED) is 0.606. The van der Waals surface area contributed by atoms with Crippen LogP contribution in [-0.4, -0.2) is 39.8 Å². The van der Waals surface area contributed by atoms with Gasteiger partial charge in [-0.15, -0.1) is 0 Å². The molecule has 0 bridgehead atoms. The van der Waals surface area contributed by atoms with Crippen LogP contribution in [0.3, 0.4) is 0 Å². The first kappa shape index (κ1) is 23.9. The first-order chi connectivity index (χ1) is 14.7. The van der Waals surface area contributed by atoms with Gasteiger partial charge >= 0.3 is 5.97 Å². The molecular formula is C27H42O5. The van der Waals surface area contributed by atoms with Gasteiger partial charge in [0.25, 0.3) is 0 Å². The lowest BCUT2D eigenvalue weighted by molar-refractivity contribution is -0.236. The molecule has 4 aliphatic rings. The van der Waals surface area contributed by atoms with E-state index in [1.165, 1.54) is 13.3 Å². The second-order valence-corrected chi connectivity index (χ2v) is 12.8. The second kappa shape index (κ2) is 7.66. The second-order valence-electron chi connectivity index (χ2n) is 12.8. The van der Waals surface area contributed by atoms with Crippen LogP contribution >= 0.6 is 0 Å². The van der Waals surface area contributed by atoms with Gasteiger partial charge in [0.05, 0.1) is 11.7 Å². The first-order valence-electron chi connectivity index (χ1n) is 12.5. The van der Waals surface area contributed by atoms with Crippen LogP contribution < -0.4 is 0 Å². The number of aliphatic hydroxyl groups is 2. The lowest BCUT2D eigenvalue weighted by atomic mass is 9.39. The number of Topliss-reactive ketones (excluding diaryl/α,β-unsaturated/α-hetero) is 1. The van der Waals surface area contributed by atoms with Crippen molar-refractivity contribution in [2.75, 3.05) is 0 Å². The first-order valence-corrected chi connectivity index (χ1v) is 12.5. The molecule has 3 fully saturated rings. The third kappa shape index (κ3) is 3.68. The van der Waals surface area contributed by atoms with Crippen LogP contribution in [0.4, 0.5) is 0 Å². The van der Waals surface area contributed by atoms with Crippen LogP contribution in [0.15, 0.2) is 11.6 Å². The van der Waals surface area contributed by atoms with E-state index in [9.17, 15) is 19.8 Å². The Labute approximate surface area is 193 Å². The fraction of sp³-hybridized carbons (Fsp3) is 0.852. The molecule has 4 rings (SSSR count). The molecule has 2 N–H and O–H groups in total. The number of fused-ring (bicyclic) bond motifs is 3. The molecule has 8 atom stereocenters. The van der Waals surface area contributed by atoms with Crippen LogP contribution in [0.25, 0.3) is 0 Å². The van der Waals surface area contributed by atoms with E-state index in [1.807, 2.05) is 0 Å². The molecule has 32 heavy (non-hydrogen) atoms. The SMILES string of the molecule is CC(=O)O[C@@H]1C[C@@]2(C)C[C@@](O)([C@H]3CC(=O)C(C)=C[C@H]3O)CC[C@@H]2[C@@]2(C)CCCC(C)(C)[C@H]12. The van der Waals surface area contributed by atoms with Crippen molar-refractivity contribution in [3.63, 3.8) is 0 Å². The molecule has 180 valence electrons. The molecule has 0 aliphatic heterocycles. The maximum Gasteiger partial charge on any atom is 0.302 e. The average Bonchev–Trinajstić information content (AvgIpc) is 2.62. The number of hydrogen-bond acceptors (Lipinski definition) is 5. The predicted molar refractivity (Wildman–Crippen MR) is 123 cm³/mol. The number of hydrogen-bond donors (Lipinski definition) is 2. The Bertz CT molecular complexity index is 830. The lowest BCUT2D eigenvalue weighted by Gasteiger charge is -2.67. The van der Waals surface area contributed by atoms with E-state index < -0.39 is 17.6 Å². The minimum absolute atomic E-state index is 0.0171. The van der Waals surface area contributed by atoms with Crippen molar-refractivity contribution in [1.29, 1.82) is 0 Å². The highest BCUT2D eigenvalue weighted by atomic mass is 16.5. The summed E-state index contributed by atoms with van der Waals surface area (Å²) in [5, 5.41) is 22.7. The van der Waals surface area contributed by atoms with Gasteiger partial charge in [-0.2, -0.15) is 0 Å². The predicted octanol–water partition coefficient (Wildman–Crippen LogP) is 4.59. The van der Waals surface area contributed by atoms with Gasteiger partial charge < -0.3 is 14.9 Å². The monoisotopic (exact) mass is 446 g/mol. The number of allylic oxidation sites excluding steroid dienone is 1. The zero-order chi connectivity index (χ0) is 23.7. The lowest BCUT2D eigenvalue weighted by Crippen LogP contribution is -2.65. The molecule has 0 aromatic rings. The minimum Gasteiger partial charge on any atom is -0.462 e. The third-order valence-electron chi connectivity index (χ3n) is 10.0. The standard InChI is InChI=1S/C27H42O5/c1-16-12-20(30)18(13-19(16)29)27(31)11-8-22-25(5,15-27)14-21(32-17(2)28)23-24(3,4)9-7-10-26(22,23)6/h12,18,20-23,30-31H,7-11,13-15H2,1-6H3/t18-,20+,21+,22-,23-,25-,26+,27+/m0/s1. The van der Waals surface area contributed by atoms with Crippen molar-refractivity contribution in [3.8, 4) is 0 Å². The molecule has 0 radical (unpaired) electrons. The van der Waals surface area contributed by atoms with Crippen LogP contribution in [0, 0.1) is 34.0 Å². The van der Waals surface area contributed by atoms with Crippen LogP contribution in [0.2, 0.25) is 0 Å². The van der Waals surface area contributed by atoms with E-state index in [2.05, 4.69) is 27.7 Å². The smallest absolute Gasteiger partial charge is 0.302 e. The van der Waals surface area contributed by atoms with Crippen molar-refractivity contribution < 1.29 is 24.5 Å². The van der Waals surface area contributed by atoms with Crippen molar-refractivity contribution in [2.45, 2.75) is 111 Å². The molecule has 0 aromatic heterocycles. The van der Waals surface area contributed by atoms with Gasteiger partial charge in [0, 0.05) is 25.2 Å². The van der Waals surface area contributed by atoms with Crippen LogP contribution in [-0.2, 0) is 14.3 Å². The number of rotatable bonds is 2. The van der Waals surface area contributed by atoms with E-state index in [4.69, 9.17) is 4.74 Å². The van der Waals surface area contributed by atoms with Crippen molar-refractivity contribution in [1.82, 2.24) is 0 Å². The van der Waals surface area contributed by atoms with E-state index in [1.54, 1.807) is 13.0 Å². The summed E-state index contributed by atoms with van der Waals surface area (Å²) in [6.45, 7) is 12.5. The Hall–Kier alpha value is -1.20. The summed E-state index contributed by atoms with van der Waals surface area (Å²) in [5.41, 5.74) is -0.592. The molecule has 5 nitrogen and oxygen atoms in total. The normalized spacial score (nSPS) is 48.3. The summed E-state index contributed by atoms with van der Waals surface area (Å²) in [6, 6.07) is 0. The van der Waals surface area contributed by atoms with E-state index >= 15 is 0 Å². The number of ketones is 1. The van der Waals surface area contributed by atoms with Crippen LogP contribution in [0.5, 0.6) is 0 Å². The summed E-state index contributed by atoms with van der Waals surface area (Å²) in [5.74, 6) is 0.0194. The number of aliphatic hydroxyl groups excluding tert-OH is 1. The molecule has 0 spiro atoms. The fourth-order valence-corrected chi connectivity index (χ4v) is 9.11. The Balaban J connectivity index is 1.70. The summed E-state index contributed by atoms with van der Waals surface area (Å²) in [7, 11) is 0. The zero-order valence-corrected chi connectivity index (χ0v) is 20.7. The molecule has 4 aliphatic carbocycles. The van der Waals surface area contributed by atoms with E-state index in [-0.39, 0.29) is 40.5 Å². The molecule has 0 amide bonds. The van der Waals surface area contributed by atoms with E-state index in [0.717, 1.165) is 25.7 Å². The van der Waals surface area contributed by atoms with Gasteiger partial charge in [-0.1, -0.05) is 34.1 Å². The Morgan fingerprint density at radius 3 is 2.50 bits per heavy atom. The molecule has 0 saturated heterocycles. The highest BCUT2D eigenvalue weighted by Gasteiger charge is 2.66. The largest absolute Gasteiger partial charge is 0.462 e. The minimum atomic E-state index is -1.09. The summed E-state index contributed by atoms with van der Waals surface area (Å²) in [6.07, 6.45) is 7.02. The maximum absolute atomic E-state index is 12.4. The highest BCUT2D eigenvalue weighted by Crippen LogP contribution is 2.69. The third-order valence-corrected chi connectivity index (χ3v) is 10.0. The fourth-order valence-electron chi connectivity index (χ4n) is 9.11. The number of ether oxygens (including phenoxy) is 1. The molecule has 0 aromatic carbocycles. The molecule has 3 saturated carbocycles. The van der Waals surface area contributed by atoms with Gasteiger partial charge in [-0.25, -0.2) is 0 Å². The molecule has 0 heterocycles. The van der Waals surface area contributed by atoms with Crippen molar-refractivity contribution in [3.05, 3.63) is 11.6 Å². The average molecular weight is 447 g/mol. The Morgan fingerprint density at radius 1 is 1.16 bits per heavy atom. The summed E-state index contributed by atoms with van der Waals surface area (Å²) >= 11 is 0. The van der Waals surface area contributed by atoms with Gasteiger partial charge in [0.1, 0.15) is 6.10 Å². The summed E-state index contributed by atoms with van der Waals surface area (Å²) in [4.78, 5) is 24.5. The zero-order valence-electron chi connectivity index (χ0n) is 20.7. The van der Waals surface area contributed by atoms with Gasteiger partial charge in [0.2, 0.25) is 0 Å². The molecular weight excluding hydrogens is 404 g/mol. The maximum atomic E-state index is 12.4.